The number of hydrogen-bond donors (Lipinski definition) is 1. The number of ether oxygens (including phenoxy) is 1. The predicted octanol–water partition coefficient (Wildman–Crippen LogP) is 4.10. The largest absolute Gasteiger partial charge is 0.496 e. The van der Waals surface area contributed by atoms with Crippen molar-refractivity contribution in [3.05, 3.63) is 35.4 Å². The summed E-state index contributed by atoms with van der Waals surface area (Å²) in [6.45, 7) is 3.52. The molecule has 0 amide bonds. The molecule has 122 valence electrons. The lowest BCUT2D eigenvalue weighted by atomic mass is 10.1. The van der Waals surface area contributed by atoms with Crippen molar-refractivity contribution in [2.75, 3.05) is 7.11 Å². The number of halogens is 2. The van der Waals surface area contributed by atoms with E-state index in [0.717, 1.165) is 10.9 Å². The van der Waals surface area contributed by atoms with Crippen LogP contribution in [-0.4, -0.2) is 21.9 Å². The zero-order valence-electron chi connectivity index (χ0n) is 12.9. The van der Waals surface area contributed by atoms with Crippen molar-refractivity contribution in [1.82, 2.24) is 10.2 Å². The second-order valence-corrected chi connectivity index (χ2v) is 6.43. The summed E-state index contributed by atoms with van der Waals surface area (Å²) < 4.78 is 11.8. The van der Waals surface area contributed by atoms with E-state index in [2.05, 4.69) is 47.0 Å². The first-order valence-electron chi connectivity index (χ1n) is 6.70. The Morgan fingerprint density at radius 2 is 2.09 bits per heavy atom. The van der Waals surface area contributed by atoms with E-state index in [1.165, 1.54) is 0 Å². The molecule has 2 N–H and O–H groups in total. The second-order valence-electron chi connectivity index (χ2n) is 4.72. The number of aromatic nitrogens is 2. The predicted molar refractivity (Wildman–Crippen MR) is 97.7 cm³/mol. The van der Waals surface area contributed by atoms with Crippen LogP contribution in [0.3, 0.4) is 0 Å². The first-order chi connectivity index (χ1) is 11.0. The molecule has 23 heavy (non-hydrogen) atoms. The molecule has 2 rings (SSSR count). The van der Waals surface area contributed by atoms with Crippen LogP contribution in [0.5, 0.6) is 5.75 Å². The van der Waals surface area contributed by atoms with Gasteiger partial charge in [0.25, 0.3) is 11.8 Å². The molecule has 0 aliphatic heterocycles. The quantitative estimate of drug-likeness (QED) is 0.555. The van der Waals surface area contributed by atoms with E-state index in [4.69, 9.17) is 14.9 Å². The van der Waals surface area contributed by atoms with E-state index in [1.807, 2.05) is 18.2 Å². The van der Waals surface area contributed by atoms with Crippen LogP contribution in [0.1, 0.15) is 25.3 Å². The van der Waals surface area contributed by atoms with Gasteiger partial charge >= 0.3 is 0 Å². The van der Waals surface area contributed by atoms with Crippen molar-refractivity contribution in [2.45, 2.75) is 19.2 Å². The number of nitrogens with zero attached hydrogens (tertiary/aromatic N) is 3. The normalized spacial score (nSPS) is 13.0. The van der Waals surface area contributed by atoms with Crippen molar-refractivity contribution in [3.8, 4) is 17.2 Å². The molecule has 0 atom stereocenters. The molecule has 0 fully saturated rings. The number of hydrogen-bond acceptors (Lipinski definition) is 6. The first-order valence-corrected chi connectivity index (χ1v) is 8.62. The molecule has 2 aromatic rings. The Labute approximate surface area is 151 Å². The second kappa shape index (κ2) is 7.74. The first kappa shape index (κ1) is 17.7. The van der Waals surface area contributed by atoms with Gasteiger partial charge in [0.2, 0.25) is 0 Å². The number of alkyl halides is 1. The number of benzene rings is 1. The molecule has 0 spiro atoms. The fourth-order valence-corrected chi connectivity index (χ4v) is 2.41. The Morgan fingerprint density at radius 3 is 2.65 bits per heavy atom. The topological polar surface area (TPSA) is 86.5 Å². The zero-order chi connectivity index (χ0) is 17.0. The molecule has 0 saturated carbocycles. The minimum atomic E-state index is 0.255. The molecule has 8 heteroatoms. The lowest BCUT2D eigenvalue weighted by Gasteiger charge is -2.06. The van der Waals surface area contributed by atoms with E-state index >= 15 is 0 Å². The van der Waals surface area contributed by atoms with Gasteiger partial charge in [0.15, 0.2) is 0 Å². The average molecular weight is 444 g/mol. The summed E-state index contributed by atoms with van der Waals surface area (Å²) in [5, 5.41) is 8.85. The molecule has 6 nitrogen and oxygen atoms in total. The van der Waals surface area contributed by atoms with Crippen LogP contribution in [0, 0.1) is 0 Å². The van der Waals surface area contributed by atoms with Crippen LogP contribution in [0.4, 0.5) is 0 Å². The maximum atomic E-state index is 5.85. The van der Waals surface area contributed by atoms with Crippen molar-refractivity contribution in [3.63, 3.8) is 0 Å². The highest BCUT2D eigenvalue weighted by Gasteiger charge is 2.17. The van der Waals surface area contributed by atoms with Crippen molar-refractivity contribution in [2.24, 2.45) is 10.7 Å². The third kappa shape index (κ3) is 4.20. The Kier molecular flexibility index (Phi) is 5.95. The zero-order valence-corrected chi connectivity index (χ0v) is 16.1. The third-order valence-corrected chi connectivity index (χ3v) is 3.74. The number of aliphatic imine (C=N–C) groups is 1. The lowest BCUT2D eigenvalue weighted by molar-refractivity contribution is 0.413. The van der Waals surface area contributed by atoms with Crippen molar-refractivity contribution >= 4 is 42.2 Å². The van der Waals surface area contributed by atoms with Crippen LogP contribution in [0.15, 0.2) is 33.3 Å². The lowest BCUT2D eigenvalue weighted by Crippen LogP contribution is -1.97. The Morgan fingerprint density at radius 1 is 1.35 bits per heavy atom. The third-order valence-electron chi connectivity index (χ3n) is 2.92. The van der Waals surface area contributed by atoms with Gasteiger partial charge in [-0.05, 0) is 47.5 Å². The summed E-state index contributed by atoms with van der Waals surface area (Å²) in [6, 6.07) is 5.76. The molecule has 1 aromatic heterocycles. The monoisotopic (exact) mass is 442 g/mol. The number of rotatable bonds is 5. The van der Waals surface area contributed by atoms with Gasteiger partial charge in [0.1, 0.15) is 11.4 Å². The molecule has 0 aliphatic carbocycles. The average Bonchev–Trinajstić information content (AvgIpc) is 3.00. The van der Waals surface area contributed by atoms with Crippen LogP contribution in [0.2, 0.25) is 0 Å². The van der Waals surface area contributed by atoms with Crippen molar-refractivity contribution < 1.29 is 9.15 Å². The molecule has 0 saturated heterocycles. The smallest absolute Gasteiger partial charge is 0.268 e. The summed E-state index contributed by atoms with van der Waals surface area (Å²) in [7, 11) is 1.60. The number of methoxy groups -OCH3 is 1. The van der Waals surface area contributed by atoms with Gasteiger partial charge in [-0.15, -0.1) is 10.2 Å². The van der Waals surface area contributed by atoms with E-state index in [1.54, 1.807) is 21.0 Å². The van der Waals surface area contributed by atoms with Crippen LogP contribution >= 0.6 is 31.9 Å². The maximum absolute atomic E-state index is 5.85. The summed E-state index contributed by atoms with van der Waals surface area (Å²) >= 11 is 6.69. The summed E-state index contributed by atoms with van der Waals surface area (Å²) in [5.74, 6) is 1.26. The molecule has 0 radical (unpaired) electrons. The summed E-state index contributed by atoms with van der Waals surface area (Å²) in [4.78, 5) is 4.28. The fourth-order valence-electron chi connectivity index (χ4n) is 1.88. The van der Waals surface area contributed by atoms with E-state index in [0.29, 0.717) is 33.2 Å². The number of nitrogens with two attached hydrogens (primary N) is 1. The molecule has 1 aromatic carbocycles. The maximum Gasteiger partial charge on any atom is 0.268 e. The van der Waals surface area contributed by atoms with E-state index in [9.17, 15) is 0 Å². The van der Waals surface area contributed by atoms with Gasteiger partial charge in [-0.3, -0.25) is 0 Å². The Hall–Kier alpha value is -1.67. The van der Waals surface area contributed by atoms with Gasteiger partial charge in [-0.1, -0.05) is 22.0 Å². The number of allylic oxidation sites excluding steroid dienone is 1. The SMILES string of the molecule is COc1cc(CBr)ccc1-c1nnc(/C(N=C(C)Br)=C(/C)N)o1. The molecule has 0 aliphatic rings. The van der Waals surface area contributed by atoms with Gasteiger partial charge in [-0.25, -0.2) is 4.99 Å². The van der Waals surface area contributed by atoms with Crippen LogP contribution < -0.4 is 10.5 Å². The van der Waals surface area contributed by atoms with Crippen molar-refractivity contribution in [1.29, 1.82) is 0 Å². The summed E-state index contributed by atoms with van der Waals surface area (Å²) in [5.41, 5.74) is 8.58. The Bertz CT molecular complexity index is 761. The molecule has 1 heterocycles. The molecule has 0 bridgehead atoms. The summed E-state index contributed by atoms with van der Waals surface area (Å²) in [6.07, 6.45) is 0. The van der Waals surface area contributed by atoms with Gasteiger partial charge in [-0.2, -0.15) is 0 Å². The Balaban J connectivity index is 2.47. The van der Waals surface area contributed by atoms with E-state index in [-0.39, 0.29) is 5.89 Å². The minimum Gasteiger partial charge on any atom is -0.496 e. The highest BCUT2D eigenvalue weighted by Crippen LogP contribution is 2.32. The van der Waals surface area contributed by atoms with Gasteiger partial charge in [0, 0.05) is 11.0 Å². The minimum absolute atomic E-state index is 0.255. The van der Waals surface area contributed by atoms with Crippen LogP contribution in [-0.2, 0) is 5.33 Å². The highest BCUT2D eigenvalue weighted by molar-refractivity contribution is 9.18. The van der Waals surface area contributed by atoms with E-state index < -0.39 is 0 Å². The molecule has 0 unspecified atom stereocenters. The standard InChI is InChI=1S/C15H16Br2N4O2/c1-8(18)13(19-9(2)17)15-21-20-14(23-15)11-5-4-10(7-16)6-12(11)22-3/h4-6H,7,18H2,1-3H3/b13-8+,19-9?. The van der Waals surface area contributed by atoms with Gasteiger partial charge < -0.3 is 14.9 Å². The highest BCUT2D eigenvalue weighted by atomic mass is 79.9. The molecular formula is C15H16Br2N4O2. The molecular weight excluding hydrogens is 428 g/mol. The van der Waals surface area contributed by atoms with Crippen LogP contribution in [0.25, 0.3) is 17.2 Å². The van der Waals surface area contributed by atoms with Gasteiger partial charge in [0.05, 0.1) is 17.3 Å². The fraction of sp³-hybridized carbons (Fsp3) is 0.267.